The van der Waals surface area contributed by atoms with Gasteiger partial charge in [0.05, 0.1) is 18.6 Å². The lowest BCUT2D eigenvalue weighted by Gasteiger charge is -2.00. The Kier molecular flexibility index (Phi) is 2.83. The van der Waals surface area contributed by atoms with E-state index in [-0.39, 0.29) is 6.61 Å². The van der Waals surface area contributed by atoms with Gasteiger partial charge in [-0.2, -0.15) is 0 Å². The number of hydrogen-bond donors (Lipinski definition) is 1. The van der Waals surface area contributed by atoms with Crippen molar-refractivity contribution in [3.63, 3.8) is 0 Å². The van der Waals surface area contributed by atoms with Gasteiger partial charge in [0.25, 0.3) is 0 Å². The SMILES string of the molecule is OCc1cn(-c2ccc(I)cc2)cn1. The number of nitrogens with zero attached hydrogens (tertiary/aromatic N) is 2. The normalized spacial score (nSPS) is 10.4. The monoisotopic (exact) mass is 300 g/mol. The van der Waals surface area contributed by atoms with Crippen molar-refractivity contribution < 1.29 is 5.11 Å². The van der Waals surface area contributed by atoms with E-state index in [1.165, 1.54) is 3.57 Å². The lowest BCUT2D eigenvalue weighted by atomic mass is 10.3. The first-order chi connectivity index (χ1) is 6.79. The molecule has 14 heavy (non-hydrogen) atoms. The van der Waals surface area contributed by atoms with Crippen LogP contribution < -0.4 is 0 Å². The first kappa shape index (κ1) is 9.67. The Morgan fingerprint density at radius 3 is 2.57 bits per heavy atom. The third-order valence-corrected chi connectivity index (χ3v) is 2.64. The van der Waals surface area contributed by atoms with Gasteiger partial charge in [0.1, 0.15) is 0 Å². The molecule has 0 spiro atoms. The zero-order valence-corrected chi connectivity index (χ0v) is 9.55. The van der Waals surface area contributed by atoms with Crippen LogP contribution in [0.5, 0.6) is 0 Å². The first-order valence-electron chi connectivity index (χ1n) is 4.19. The van der Waals surface area contributed by atoms with E-state index in [0.717, 1.165) is 5.69 Å². The fourth-order valence-electron chi connectivity index (χ4n) is 1.20. The predicted molar refractivity (Wildman–Crippen MR) is 62.2 cm³/mol. The summed E-state index contributed by atoms with van der Waals surface area (Å²) in [6, 6.07) is 8.11. The molecule has 0 aliphatic heterocycles. The molecule has 0 aliphatic rings. The topological polar surface area (TPSA) is 38.0 Å². The third-order valence-electron chi connectivity index (χ3n) is 1.92. The van der Waals surface area contributed by atoms with Gasteiger partial charge in [-0.1, -0.05) is 0 Å². The van der Waals surface area contributed by atoms with E-state index in [2.05, 4.69) is 27.6 Å². The van der Waals surface area contributed by atoms with Crippen LogP contribution in [0.3, 0.4) is 0 Å². The summed E-state index contributed by atoms with van der Waals surface area (Å²) < 4.78 is 3.09. The van der Waals surface area contributed by atoms with E-state index in [9.17, 15) is 0 Å². The Morgan fingerprint density at radius 1 is 1.29 bits per heavy atom. The van der Waals surface area contributed by atoms with E-state index in [1.54, 1.807) is 6.33 Å². The van der Waals surface area contributed by atoms with Crippen molar-refractivity contribution >= 4 is 22.6 Å². The fourth-order valence-corrected chi connectivity index (χ4v) is 1.56. The van der Waals surface area contributed by atoms with E-state index in [1.807, 2.05) is 35.0 Å². The van der Waals surface area contributed by atoms with Gasteiger partial charge in [-0.15, -0.1) is 0 Å². The van der Waals surface area contributed by atoms with Gasteiger partial charge in [-0.3, -0.25) is 0 Å². The molecule has 72 valence electrons. The minimum Gasteiger partial charge on any atom is -0.390 e. The summed E-state index contributed by atoms with van der Waals surface area (Å²) in [6.07, 6.45) is 3.52. The van der Waals surface area contributed by atoms with Gasteiger partial charge in [0, 0.05) is 15.5 Å². The third kappa shape index (κ3) is 1.96. The van der Waals surface area contributed by atoms with Crippen molar-refractivity contribution in [3.05, 3.63) is 46.1 Å². The average molecular weight is 300 g/mol. The fraction of sp³-hybridized carbons (Fsp3) is 0.100. The molecule has 1 heterocycles. The van der Waals surface area contributed by atoms with Crippen LogP contribution in [0.2, 0.25) is 0 Å². The van der Waals surface area contributed by atoms with Crippen LogP contribution in [0.1, 0.15) is 5.69 Å². The summed E-state index contributed by atoms with van der Waals surface area (Å²) in [5.41, 5.74) is 1.74. The number of imidazole rings is 1. The predicted octanol–water partition coefficient (Wildman–Crippen LogP) is 1.97. The molecular formula is C10H9IN2O. The molecule has 0 saturated carbocycles. The maximum Gasteiger partial charge on any atom is 0.0996 e. The zero-order valence-electron chi connectivity index (χ0n) is 7.39. The molecule has 2 rings (SSSR count). The molecule has 0 bridgehead atoms. The van der Waals surface area contributed by atoms with E-state index in [4.69, 9.17) is 5.11 Å². The lowest BCUT2D eigenvalue weighted by molar-refractivity contribution is 0.277. The molecule has 0 aliphatic carbocycles. The molecule has 0 radical (unpaired) electrons. The van der Waals surface area contributed by atoms with Gasteiger partial charge in [0.15, 0.2) is 0 Å². The van der Waals surface area contributed by atoms with Crippen molar-refractivity contribution in [1.82, 2.24) is 9.55 Å². The van der Waals surface area contributed by atoms with E-state index >= 15 is 0 Å². The highest BCUT2D eigenvalue weighted by Crippen LogP contribution is 2.11. The van der Waals surface area contributed by atoms with Crippen LogP contribution in [0.4, 0.5) is 0 Å². The summed E-state index contributed by atoms with van der Waals surface area (Å²) >= 11 is 2.26. The highest BCUT2D eigenvalue weighted by atomic mass is 127. The maximum atomic E-state index is 8.86. The molecule has 3 nitrogen and oxygen atoms in total. The van der Waals surface area contributed by atoms with Crippen molar-refractivity contribution in [3.8, 4) is 5.69 Å². The van der Waals surface area contributed by atoms with Gasteiger partial charge >= 0.3 is 0 Å². The van der Waals surface area contributed by atoms with E-state index in [0.29, 0.717) is 5.69 Å². The number of aliphatic hydroxyl groups is 1. The molecule has 0 atom stereocenters. The second kappa shape index (κ2) is 4.10. The van der Waals surface area contributed by atoms with Crippen LogP contribution in [-0.2, 0) is 6.61 Å². The molecular weight excluding hydrogens is 291 g/mol. The quantitative estimate of drug-likeness (QED) is 0.861. The Labute approximate surface area is 95.5 Å². The molecule has 0 unspecified atom stereocenters. The van der Waals surface area contributed by atoms with Crippen molar-refractivity contribution in [1.29, 1.82) is 0 Å². The Hall–Kier alpha value is -0.880. The van der Waals surface area contributed by atoms with Crippen molar-refractivity contribution in [2.24, 2.45) is 0 Å². The van der Waals surface area contributed by atoms with Gasteiger partial charge in [-0.25, -0.2) is 4.98 Å². The molecule has 0 fully saturated rings. The van der Waals surface area contributed by atoms with Crippen LogP contribution in [-0.4, -0.2) is 14.7 Å². The molecule has 0 saturated heterocycles. The number of aliphatic hydroxyl groups excluding tert-OH is 1. The molecule has 2 aromatic rings. The minimum atomic E-state index is -0.0165. The number of benzene rings is 1. The summed E-state index contributed by atoms with van der Waals surface area (Å²) in [7, 11) is 0. The average Bonchev–Trinajstić information content (AvgIpc) is 2.67. The standard InChI is InChI=1S/C10H9IN2O/c11-8-1-3-10(4-2-8)13-5-9(6-14)12-7-13/h1-5,7,14H,6H2. The first-order valence-corrected chi connectivity index (χ1v) is 5.27. The van der Waals surface area contributed by atoms with Crippen LogP contribution in [0.15, 0.2) is 36.8 Å². The smallest absolute Gasteiger partial charge is 0.0996 e. The Morgan fingerprint density at radius 2 is 2.00 bits per heavy atom. The van der Waals surface area contributed by atoms with Gasteiger partial charge < -0.3 is 9.67 Å². The molecule has 1 aromatic heterocycles. The number of rotatable bonds is 2. The molecule has 1 N–H and O–H groups in total. The number of hydrogen-bond acceptors (Lipinski definition) is 2. The summed E-state index contributed by atoms with van der Waals surface area (Å²) in [4.78, 5) is 4.04. The van der Waals surface area contributed by atoms with Crippen molar-refractivity contribution in [2.45, 2.75) is 6.61 Å². The van der Waals surface area contributed by atoms with Crippen molar-refractivity contribution in [2.75, 3.05) is 0 Å². The maximum absolute atomic E-state index is 8.86. The highest BCUT2D eigenvalue weighted by molar-refractivity contribution is 14.1. The van der Waals surface area contributed by atoms with Gasteiger partial charge in [0.2, 0.25) is 0 Å². The van der Waals surface area contributed by atoms with E-state index < -0.39 is 0 Å². The largest absolute Gasteiger partial charge is 0.390 e. The Bertz CT molecular complexity index is 422. The summed E-state index contributed by atoms with van der Waals surface area (Å²) in [6.45, 7) is -0.0165. The minimum absolute atomic E-state index is 0.0165. The van der Waals surface area contributed by atoms with Crippen LogP contribution in [0.25, 0.3) is 5.69 Å². The second-order valence-corrected chi connectivity index (χ2v) is 4.15. The zero-order chi connectivity index (χ0) is 9.97. The lowest BCUT2D eigenvalue weighted by Crippen LogP contribution is -1.89. The molecule has 4 heteroatoms. The number of halogens is 1. The number of aromatic nitrogens is 2. The Balaban J connectivity index is 2.34. The second-order valence-electron chi connectivity index (χ2n) is 2.91. The highest BCUT2D eigenvalue weighted by Gasteiger charge is 1.98. The van der Waals surface area contributed by atoms with Gasteiger partial charge in [-0.05, 0) is 46.9 Å². The molecule has 0 amide bonds. The van der Waals surface area contributed by atoms with Crippen LogP contribution in [0, 0.1) is 3.57 Å². The molecule has 1 aromatic carbocycles. The van der Waals surface area contributed by atoms with Crippen LogP contribution >= 0.6 is 22.6 Å². The summed E-state index contributed by atoms with van der Waals surface area (Å²) in [5, 5.41) is 8.86. The summed E-state index contributed by atoms with van der Waals surface area (Å²) in [5.74, 6) is 0.